The molecule has 0 saturated carbocycles. The summed E-state index contributed by atoms with van der Waals surface area (Å²) in [6.07, 6.45) is 3.14. The maximum atomic E-state index is 10.7. The number of anilines is 1. The highest BCUT2D eigenvalue weighted by molar-refractivity contribution is 5.78. The molecular formula is C23H27N3O2. The summed E-state index contributed by atoms with van der Waals surface area (Å²) in [5.41, 5.74) is 2.46. The molecule has 146 valence electrons. The summed E-state index contributed by atoms with van der Waals surface area (Å²) in [6, 6.07) is 19.9. The SMILES string of the molecule is CC(C)(O)N(CCCCO)c1cnc(-c2ccccc2)c(-c2ccccc2)n1. The van der Waals surface area contributed by atoms with Crippen LogP contribution in [-0.2, 0) is 0 Å². The summed E-state index contributed by atoms with van der Waals surface area (Å²) in [5, 5.41) is 19.8. The highest BCUT2D eigenvalue weighted by atomic mass is 16.3. The van der Waals surface area contributed by atoms with E-state index in [1.807, 2.05) is 65.6 Å². The second-order valence-corrected chi connectivity index (χ2v) is 7.23. The molecule has 0 amide bonds. The molecule has 2 N–H and O–H groups in total. The Morgan fingerprint density at radius 3 is 1.96 bits per heavy atom. The monoisotopic (exact) mass is 377 g/mol. The van der Waals surface area contributed by atoms with Gasteiger partial charge in [-0.2, -0.15) is 0 Å². The molecule has 0 bridgehead atoms. The molecule has 5 nitrogen and oxygen atoms in total. The molecule has 0 spiro atoms. The molecular weight excluding hydrogens is 350 g/mol. The van der Waals surface area contributed by atoms with Crippen LogP contribution in [0.25, 0.3) is 22.5 Å². The number of nitrogens with zero attached hydrogens (tertiary/aromatic N) is 3. The van der Waals surface area contributed by atoms with Crippen molar-refractivity contribution in [2.75, 3.05) is 18.1 Å². The van der Waals surface area contributed by atoms with E-state index in [0.717, 1.165) is 28.9 Å². The summed E-state index contributed by atoms with van der Waals surface area (Å²) in [4.78, 5) is 11.5. The molecule has 3 aromatic rings. The molecule has 0 radical (unpaired) electrons. The summed E-state index contributed by atoms with van der Waals surface area (Å²) in [5.74, 6) is 0.615. The van der Waals surface area contributed by atoms with Crippen LogP contribution in [0.3, 0.4) is 0 Å². The van der Waals surface area contributed by atoms with Gasteiger partial charge in [-0.15, -0.1) is 0 Å². The maximum absolute atomic E-state index is 10.7. The van der Waals surface area contributed by atoms with E-state index in [9.17, 15) is 5.11 Å². The van der Waals surface area contributed by atoms with Crippen molar-refractivity contribution in [1.82, 2.24) is 9.97 Å². The molecule has 2 aromatic carbocycles. The zero-order valence-corrected chi connectivity index (χ0v) is 16.4. The largest absolute Gasteiger partial charge is 0.396 e. The zero-order chi connectivity index (χ0) is 20.0. The zero-order valence-electron chi connectivity index (χ0n) is 16.4. The van der Waals surface area contributed by atoms with Crippen LogP contribution in [0, 0.1) is 0 Å². The van der Waals surface area contributed by atoms with E-state index in [4.69, 9.17) is 15.1 Å². The first-order valence-corrected chi connectivity index (χ1v) is 9.59. The molecule has 0 aliphatic rings. The van der Waals surface area contributed by atoms with Crippen molar-refractivity contribution in [2.24, 2.45) is 0 Å². The standard InChI is InChI=1S/C23H27N3O2/c1-23(2,28)26(15-9-10-16-27)20-17-24-21(18-11-5-3-6-12-18)22(25-20)19-13-7-4-8-14-19/h3-8,11-14,17,27-28H,9-10,15-16H2,1-2H3. The van der Waals surface area contributed by atoms with Gasteiger partial charge in [0, 0.05) is 24.3 Å². The lowest BCUT2D eigenvalue weighted by Crippen LogP contribution is -2.45. The van der Waals surface area contributed by atoms with Crippen LogP contribution < -0.4 is 4.90 Å². The minimum atomic E-state index is -1.09. The van der Waals surface area contributed by atoms with Crippen LogP contribution >= 0.6 is 0 Å². The summed E-state index contributed by atoms with van der Waals surface area (Å²) < 4.78 is 0. The minimum Gasteiger partial charge on any atom is -0.396 e. The van der Waals surface area contributed by atoms with Crippen molar-refractivity contribution >= 4 is 5.82 Å². The molecule has 0 atom stereocenters. The molecule has 0 fully saturated rings. The number of hydrogen-bond donors (Lipinski definition) is 2. The van der Waals surface area contributed by atoms with E-state index in [0.29, 0.717) is 18.8 Å². The van der Waals surface area contributed by atoms with E-state index in [2.05, 4.69) is 0 Å². The molecule has 0 aliphatic heterocycles. The number of benzene rings is 2. The van der Waals surface area contributed by atoms with Crippen LogP contribution in [0.2, 0.25) is 0 Å². The van der Waals surface area contributed by atoms with Gasteiger partial charge in [-0.25, -0.2) is 4.98 Å². The lowest BCUT2D eigenvalue weighted by molar-refractivity contribution is 0.0740. The fourth-order valence-corrected chi connectivity index (χ4v) is 3.16. The molecule has 0 unspecified atom stereocenters. The number of aliphatic hydroxyl groups excluding tert-OH is 1. The Morgan fingerprint density at radius 2 is 1.43 bits per heavy atom. The third-order valence-electron chi connectivity index (χ3n) is 4.58. The molecule has 1 heterocycles. The van der Waals surface area contributed by atoms with Gasteiger partial charge in [0.2, 0.25) is 0 Å². The highest BCUT2D eigenvalue weighted by Gasteiger charge is 2.26. The van der Waals surface area contributed by atoms with Crippen molar-refractivity contribution < 1.29 is 10.2 Å². The summed E-state index contributed by atoms with van der Waals surface area (Å²) in [7, 11) is 0. The van der Waals surface area contributed by atoms with Crippen LogP contribution in [0.15, 0.2) is 66.9 Å². The lowest BCUT2D eigenvalue weighted by atomic mass is 10.0. The van der Waals surface area contributed by atoms with Crippen molar-refractivity contribution in [1.29, 1.82) is 0 Å². The van der Waals surface area contributed by atoms with Crippen molar-refractivity contribution in [3.63, 3.8) is 0 Å². The number of unbranched alkanes of at least 4 members (excludes halogenated alkanes) is 1. The van der Waals surface area contributed by atoms with Gasteiger partial charge in [-0.05, 0) is 26.7 Å². The van der Waals surface area contributed by atoms with Crippen LogP contribution in [0.1, 0.15) is 26.7 Å². The van der Waals surface area contributed by atoms with Crippen LogP contribution in [-0.4, -0.2) is 39.1 Å². The molecule has 1 aromatic heterocycles. The van der Waals surface area contributed by atoms with E-state index >= 15 is 0 Å². The Hall–Kier alpha value is -2.76. The van der Waals surface area contributed by atoms with Gasteiger partial charge in [-0.3, -0.25) is 4.98 Å². The predicted molar refractivity (Wildman–Crippen MR) is 113 cm³/mol. The molecule has 0 aliphatic carbocycles. The first-order chi connectivity index (χ1) is 13.5. The first-order valence-electron chi connectivity index (χ1n) is 9.59. The average molecular weight is 377 g/mol. The Labute approximate surface area is 166 Å². The first kappa shape index (κ1) is 20.0. The predicted octanol–water partition coefficient (Wildman–Crippen LogP) is 4.12. The fraction of sp³-hybridized carbons (Fsp3) is 0.304. The third-order valence-corrected chi connectivity index (χ3v) is 4.58. The van der Waals surface area contributed by atoms with Gasteiger partial charge < -0.3 is 15.1 Å². The lowest BCUT2D eigenvalue weighted by Gasteiger charge is -2.35. The second-order valence-electron chi connectivity index (χ2n) is 7.23. The van der Waals surface area contributed by atoms with Crippen molar-refractivity contribution in [2.45, 2.75) is 32.4 Å². The van der Waals surface area contributed by atoms with Gasteiger partial charge in [0.25, 0.3) is 0 Å². The minimum absolute atomic E-state index is 0.133. The van der Waals surface area contributed by atoms with Gasteiger partial charge >= 0.3 is 0 Å². The average Bonchev–Trinajstić information content (AvgIpc) is 2.71. The van der Waals surface area contributed by atoms with Gasteiger partial charge in [-0.1, -0.05) is 60.7 Å². The molecule has 3 rings (SSSR count). The topological polar surface area (TPSA) is 69.5 Å². The van der Waals surface area contributed by atoms with Gasteiger partial charge in [0.15, 0.2) is 0 Å². The molecule has 0 saturated heterocycles. The van der Waals surface area contributed by atoms with Crippen LogP contribution in [0.4, 0.5) is 5.82 Å². The van der Waals surface area contributed by atoms with E-state index < -0.39 is 5.72 Å². The van der Waals surface area contributed by atoms with E-state index in [1.54, 1.807) is 20.0 Å². The Balaban J connectivity index is 2.09. The fourth-order valence-electron chi connectivity index (χ4n) is 3.16. The number of rotatable bonds is 8. The summed E-state index contributed by atoms with van der Waals surface area (Å²) in [6.45, 7) is 4.19. The highest BCUT2D eigenvalue weighted by Crippen LogP contribution is 2.31. The molecule has 28 heavy (non-hydrogen) atoms. The number of hydrogen-bond acceptors (Lipinski definition) is 5. The smallest absolute Gasteiger partial charge is 0.150 e. The van der Waals surface area contributed by atoms with Gasteiger partial charge in [0.1, 0.15) is 11.5 Å². The number of aliphatic hydroxyl groups is 2. The van der Waals surface area contributed by atoms with Gasteiger partial charge in [0.05, 0.1) is 17.6 Å². The Morgan fingerprint density at radius 1 is 0.857 bits per heavy atom. The summed E-state index contributed by atoms with van der Waals surface area (Å²) >= 11 is 0. The second kappa shape index (κ2) is 8.95. The number of aromatic nitrogens is 2. The van der Waals surface area contributed by atoms with Crippen molar-refractivity contribution in [3.05, 3.63) is 66.9 Å². The normalized spacial score (nSPS) is 11.4. The van der Waals surface area contributed by atoms with E-state index in [-0.39, 0.29) is 6.61 Å². The molecule has 5 heteroatoms. The quantitative estimate of drug-likeness (QED) is 0.456. The van der Waals surface area contributed by atoms with E-state index in [1.165, 1.54) is 0 Å². The maximum Gasteiger partial charge on any atom is 0.150 e. The van der Waals surface area contributed by atoms with Crippen molar-refractivity contribution in [3.8, 4) is 22.5 Å². The third kappa shape index (κ3) is 4.74. The Kier molecular flexibility index (Phi) is 6.39. The Bertz CT molecular complexity index is 877. The van der Waals surface area contributed by atoms with Crippen LogP contribution in [0.5, 0.6) is 0 Å².